The highest BCUT2D eigenvalue weighted by Crippen LogP contribution is 2.23. The van der Waals surface area contributed by atoms with Gasteiger partial charge in [-0.15, -0.1) is 0 Å². The van der Waals surface area contributed by atoms with Crippen LogP contribution in [-0.4, -0.2) is 18.9 Å². The Labute approximate surface area is 158 Å². The summed E-state index contributed by atoms with van der Waals surface area (Å²) in [6.07, 6.45) is 2.67. The predicted molar refractivity (Wildman–Crippen MR) is 96.8 cm³/mol. The molecule has 8 heteroatoms. The highest BCUT2D eigenvalue weighted by molar-refractivity contribution is 6.42. The molecule has 4 nitrogen and oxygen atoms in total. The van der Waals surface area contributed by atoms with Crippen LogP contribution in [0.15, 0.2) is 42.5 Å². The first-order valence-corrected chi connectivity index (χ1v) is 8.17. The van der Waals surface area contributed by atoms with E-state index >= 15 is 0 Å². The van der Waals surface area contributed by atoms with E-state index in [1.165, 1.54) is 25.3 Å². The number of amides is 2. The summed E-state index contributed by atoms with van der Waals surface area (Å²) in [6, 6.07) is 6.59. The third-order valence-corrected chi connectivity index (χ3v) is 4.18. The van der Waals surface area contributed by atoms with Crippen LogP contribution in [0, 0.1) is 11.6 Å². The first kappa shape index (κ1) is 19.9. The van der Waals surface area contributed by atoms with E-state index < -0.39 is 29.5 Å². The van der Waals surface area contributed by atoms with Crippen molar-refractivity contribution in [3.63, 3.8) is 0 Å². The minimum Gasteiger partial charge on any atom is -0.357 e. The number of halogens is 4. The van der Waals surface area contributed by atoms with E-state index in [0.717, 1.165) is 12.1 Å². The van der Waals surface area contributed by atoms with Crippen molar-refractivity contribution in [2.24, 2.45) is 0 Å². The quantitative estimate of drug-likeness (QED) is 0.750. The molecule has 0 spiro atoms. The Bertz CT molecular complexity index is 872. The molecule has 0 heterocycles. The Morgan fingerprint density at radius 1 is 1.04 bits per heavy atom. The smallest absolute Gasteiger partial charge is 0.246 e. The number of hydrogen-bond donors (Lipinski definition) is 2. The van der Waals surface area contributed by atoms with Gasteiger partial charge in [-0.05, 0) is 41.5 Å². The lowest BCUT2D eigenvalue weighted by atomic mass is 10.1. The molecule has 0 saturated carbocycles. The Morgan fingerprint density at radius 3 is 2.38 bits per heavy atom. The zero-order chi connectivity index (χ0) is 19.3. The van der Waals surface area contributed by atoms with Gasteiger partial charge in [0.2, 0.25) is 11.8 Å². The number of hydrogen-bond acceptors (Lipinski definition) is 2. The van der Waals surface area contributed by atoms with E-state index in [-0.39, 0.29) is 5.56 Å². The molecule has 136 valence electrons. The number of carbonyl (C=O) groups excluding carboxylic acids is 2. The summed E-state index contributed by atoms with van der Waals surface area (Å²) in [5, 5.41) is 5.52. The van der Waals surface area contributed by atoms with Crippen molar-refractivity contribution >= 4 is 41.1 Å². The SMILES string of the molecule is CNC(=O)C(NC(=O)/C=C/c1ccc(Cl)c(Cl)c1)c1ccc(F)c(F)c1. The molecule has 26 heavy (non-hydrogen) atoms. The summed E-state index contributed by atoms with van der Waals surface area (Å²) in [6.45, 7) is 0. The van der Waals surface area contributed by atoms with Crippen molar-refractivity contribution < 1.29 is 18.4 Å². The molecule has 0 fully saturated rings. The van der Waals surface area contributed by atoms with Gasteiger partial charge in [-0.1, -0.05) is 35.3 Å². The third kappa shape index (κ3) is 5.03. The van der Waals surface area contributed by atoms with Crippen molar-refractivity contribution in [2.45, 2.75) is 6.04 Å². The van der Waals surface area contributed by atoms with Gasteiger partial charge >= 0.3 is 0 Å². The number of carbonyl (C=O) groups is 2. The average molecular weight is 399 g/mol. The second kappa shape index (κ2) is 8.78. The molecule has 0 aliphatic carbocycles. The van der Waals surface area contributed by atoms with Gasteiger partial charge < -0.3 is 10.6 Å². The van der Waals surface area contributed by atoms with Crippen molar-refractivity contribution in [2.75, 3.05) is 7.05 Å². The van der Waals surface area contributed by atoms with E-state index in [1.54, 1.807) is 18.2 Å². The molecule has 1 unspecified atom stereocenters. The fourth-order valence-electron chi connectivity index (χ4n) is 2.11. The lowest BCUT2D eigenvalue weighted by Gasteiger charge is -2.17. The Morgan fingerprint density at radius 2 is 1.77 bits per heavy atom. The van der Waals surface area contributed by atoms with Gasteiger partial charge in [-0.2, -0.15) is 0 Å². The van der Waals surface area contributed by atoms with Crippen LogP contribution in [-0.2, 0) is 9.59 Å². The first-order chi connectivity index (χ1) is 12.3. The van der Waals surface area contributed by atoms with Crippen LogP contribution < -0.4 is 10.6 Å². The van der Waals surface area contributed by atoms with E-state index in [9.17, 15) is 18.4 Å². The molecule has 2 aromatic carbocycles. The molecule has 2 rings (SSSR count). The van der Waals surface area contributed by atoms with E-state index in [0.29, 0.717) is 15.6 Å². The zero-order valence-corrected chi connectivity index (χ0v) is 15.0. The van der Waals surface area contributed by atoms with Crippen molar-refractivity contribution in [1.29, 1.82) is 0 Å². The van der Waals surface area contributed by atoms with Gasteiger partial charge in [0.05, 0.1) is 10.0 Å². The monoisotopic (exact) mass is 398 g/mol. The van der Waals surface area contributed by atoms with E-state index in [4.69, 9.17) is 23.2 Å². The normalized spacial score (nSPS) is 12.0. The molecule has 2 amide bonds. The number of benzene rings is 2. The van der Waals surface area contributed by atoms with Crippen LogP contribution in [0.25, 0.3) is 6.08 Å². The molecule has 2 aromatic rings. The molecular weight excluding hydrogens is 385 g/mol. The highest BCUT2D eigenvalue weighted by Gasteiger charge is 2.22. The van der Waals surface area contributed by atoms with Gasteiger partial charge in [0.15, 0.2) is 11.6 Å². The zero-order valence-electron chi connectivity index (χ0n) is 13.5. The van der Waals surface area contributed by atoms with Crippen LogP contribution >= 0.6 is 23.2 Å². The van der Waals surface area contributed by atoms with Crippen molar-refractivity contribution in [3.8, 4) is 0 Å². The standard InChI is InChI=1S/C18H14Cl2F2N2O2/c1-23-18(26)17(11-4-6-14(21)15(22)9-11)24-16(25)7-3-10-2-5-12(19)13(20)8-10/h2-9,17H,1H3,(H,23,26)(H,24,25)/b7-3+. The predicted octanol–water partition coefficient (Wildman–Crippen LogP) is 3.89. The fraction of sp³-hybridized carbons (Fsp3) is 0.111. The summed E-state index contributed by atoms with van der Waals surface area (Å²) in [5.41, 5.74) is 0.735. The number of nitrogens with one attached hydrogen (secondary N) is 2. The molecular formula is C18H14Cl2F2N2O2. The molecule has 0 saturated heterocycles. The lowest BCUT2D eigenvalue weighted by Crippen LogP contribution is -2.38. The minimum absolute atomic E-state index is 0.111. The number of rotatable bonds is 5. The molecule has 0 bridgehead atoms. The van der Waals surface area contributed by atoms with E-state index in [1.807, 2.05) is 0 Å². The largest absolute Gasteiger partial charge is 0.357 e. The van der Waals surface area contributed by atoms with Gasteiger partial charge in [-0.25, -0.2) is 8.78 Å². The topological polar surface area (TPSA) is 58.2 Å². The average Bonchev–Trinajstić information content (AvgIpc) is 2.62. The van der Waals surface area contributed by atoms with Crippen molar-refractivity contribution in [3.05, 3.63) is 75.3 Å². The van der Waals surface area contributed by atoms with Gasteiger partial charge in [-0.3, -0.25) is 9.59 Å². The molecule has 2 N–H and O–H groups in total. The first-order valence-electron chi connectivity index (χ1n) is 7.42. The summed E-state index contributed by atoms with van der Waals surface area (Å²) in [5.74, 6) is -3.34. The molecule has 0 radical (unpaired) electrons. The van der Waals surface area contributed by atoms with Crippen LogP contribution in [0.3, 0.4) is 0 Å². The summed E-state index contributed by atoms with van der Waals surface area (Å²) in [7, 11) is 1.37. The lowest BCUT2D eigenvalue weighted by molar-refractivity contribution is -0.126. The van der Waals surface area contributed by atoms with Gasteiger partial charge in [0.25, 0.3) is 0 Å². The summed E-state index contributed by atoms with van der Waals surface area (Å²) >= 11 is 11.7. The maximum absolute atomic E-state index is 13.4. The van der Waals surface area contributed by atoms with Crippen LogP contribution in [0.2, 0.25) is 10.0 Å². The third-order valence-electron chi connectivity index (χ3n) is 3.44. The van der Waals surface area contributed by atoms with Crippen LogP contribution in [0.4, 0.5) is 8.78 Å². The second-order valence-corrected chi connectivity index (χ2v) is 6.05. The van der Waals surface area contributed by atoms with Gasteiger partial charge in [0.1, 0.15) is 6.04 Å². The Balaban J connectivity index is 2.18. The molecule has 0 aromatic heterocycles. The molecule has 0 aliphatic heterocycles. The summed E-state index contributed by atoms with van der Waals surface area (Å²) < 4.78 is 26.5. The number of likely N-dealkylation sites (N-methyl/N-ethyl adjacent to an activating group) is 1. The second-order valence-electron chi connectivity index (χ2n) is 5.24. The van der Waals surface area contributed by atoms with Gasteiger partial charge in [0, 0.05) is 13.1 Å². The van der Waals surface area contributed by atoms with Crippen LogP contribution in [0.5, 0.6) is 0 Å². The highest BCUT2D eigenvalue weighted by atomic mass is 35.5. The molecule has 1 atom stereocenters. The Hall–Kier alpha value is -2.44. The fourth-order valence-corrected chi connectivity index (χ4v) is 2.42. The van der Waals surface area contributed by atoms with Crippen LogP contribution in [0.1, 0.15) is 17.2 Å². The maximum atomic E-state index is 13.4. The maximum Gasteiger partial charge on any atom is 0.246 e. The van der Waals surface area contributed by atoms with E-state index in [2.05, 4.69) is 10.6 Å². The minimum atomic E-state index is -1.18. The van der Waals surface area contributed by atoms with Crippen molar-refractivity contribution in [1.82, 2.24) is 10.6 Å². The summed E-state index contributed by atoms with van der Waals surface area (Å²) in [4.78, 5) is 24.1. The Kier molecular flexibility index (Phi) is 6.71. The molecule has 0 aliphatic rings.